The Morgan fingerprint density at radius 1 is 1.04 bits per heavy atom. The van der Waals surface area contributed by atoms with Gasteiger partial charge >= 0.3 is 6.09 Å². The molecule has 0 aliphatic carbocycles. The van der Waals surface area contributed by atoms with Gasteiger partial charge in [-0.3, -0.25) is 4.90 Å². The summed E-state index contributed by atoms with van der Waals surface area (Å²) in [4.78, 5) is 16.9. The molecule has 1 aliphatic heterocycles. The minimum Gasteiger partial charge on any atom is -0.444 e. The second-order valence-electron chi connectivity index (χ2n) is 8.97. The first-order valence-electron chi connectivity index (χ1n) is 9.43. The summed E-state index contributed by atoms with van der Waals surface area (Å²) >= 11 is 0. The first-order valence-corrected chi connectivity index (χ1v) is 9.43. The maximum Gasteiger partial charge on any atom is 0.410 e. The number of hydrogen-bond donors (Lipinski definition) is 0. The summed E-state index contributed by atoms with van der Waals surface area (Å²) in [5.74, 6) is 0. The quantitative estimate of drug-likeness (QED) is 0.814. The van der Waals surface area contributed by atoms with Crippen LogP contribution in [0, 0.1) is 0 Å². The van der Waals surface area contributed by atoms with Gasteiger partial charge in [-0.15, -0.1) is 0 Å². The van der Waals surface area contributed by atoms with Gasteiger partial charge in [0.05, 0.1) is 18.2 Å². The Morgan fingerprint density at radius 3 is 2.27 bits per heavy atom. The van der Waals surface area contributed by atoms with Crippen LogP contribution in [0.2, 0.25) is 0 Å². The van der Waals surface area contributed by atoms with E-state index in [1.54, 1.807) is 0 Å². The predicted octanol–water partition coefficient (Wildman–Crippen LogP) is 3.92. The van der Waals surface area contributed by atoms with Gasteiger partial charge in [-0.2, -0.15) is 0 Å². The van der Waals surface area contributed by atoms with E-state index in [4.69, 9.17) is 9.47 Å². The van der Waals surface area contributed by atoms with Crippen LogP contribution in [0.1, 0.15) is 47.1 Å². The fraction of sp³-hybridized carbons (Fsp3) is 0.667. The van der Waals surface area contributed by atoms with E-state index < -0.39 is 5.60 Å². The van der Waals surface area contributed by atoms with Gasteiger partial charge in [0.2, 0.25) is 0 Å². The molecular weight excluding hydrogens is 328 g/mol. The average Bonchev–Trinajstić information content (AvgIpc) is 2.51. The molecule has 1 saturated heterocycles. The smallest absolute Gasteiger partial charge is 0.410 e. The molecule has 1 heterocycles. The van der Waals surface area contributed by atoms with Gasteiger partial charge in [0.15, 0.2) is 0 Å². The van der Waals surface area contributed by atoms with Crippen molar-refractivity contribution in [2.24, 2.45) is 0 Å². The average molecular weight is 363 g/mol. The largest absolute Gasteiger partial charge is 0.444 e. The minimum atomic E-state index is -0.492. The molecule has 0 aromatic heterocycles. The summed E-state index contributed by atoms with van der Waals surface area (Å²) in [6.45, 7) is 15.5. The standard InChI is InChI=1S/C21H34N2O3/c1-20(2,3)25-16-18-15-22(14-17-10-8-7-9-11-17)12-13-23(18)19(24)26-21(4,5)6/h7-11,18H,12-16H2,1-6H3. The Bertz CT molecular complexity index is 575. The van der Waals surface area contributed by atoms with Crippen molar-refractivity contribution in [2.75, 3.05) is 26.2 Å². The third kappa shape index (κ3) is 6.96. The summed E-state index contributed by atoms with van der Waals surface area (Å²) < 4.78 is 11.6. The molecule has 1 amide bonds. The number of ether oxygens (including phenoxy) is 2. The molecule has 0 radical (unpaired) electrons. The number of nitrogens with zero attached hydrogens (tertiary/aromatic N) is 2. The lowest BCUT2D eigenvalue weighted by atomic mass is 10.1. The van der Waals surface area contributed by atoms with Crippen LogP contribution in [-0.4, -0.2) is 59.4 Å². The van der Waals surface area contributed by atoms with Gasteiger partial charge in [0.1, 0.15) is 5.60 Å². The van der Waals surface area contributed by atoms with Gasteiger partial charge in [-0.25, -0.2) is 4.79 Å². The van der Waals surface area contributed by atoms with Crippen molar-refractivity contribution in [2.45, 2.75) is 65.3 Å². The van der Waals surface area contributed by atoms with Crippen molar-refractivity contribution in [3.05, 3.63) is 35.9 Å². The summed E-state index contributed by atoms with van der Waals surface area (Å²) in [5, 5.41) is 0. The van der Waals surface area contributed by atoms with Crippen molar-refractivity contribution in [1.29, 1.82) is 0 Å². The van der Waals surface area contributed by atoms with Gasteiger partial charge in [-0.05, 0) is 47.1 Å². The minimum absolute atomic E-state index is 0.0125. The van der Waals surface area contributed by atoms with Crippen molar-refractivity contribution in [1.82, 2.24) is 9.80 Å². The zero-order valence-electron chi connectivity index (χ0n) is 17.1. The fourth-order valence-corrected chi connectivity index (χ4v) is 2.95. The maximum absolute atomic E-state index is 12.6. The number of hydrogen-bond acceptors (Lipinski definition) is 4. The van der Waals surface area contributed by atoms with E-state index >= 15 is 0 Å². The second-order valence-corrected chi connectivity index (χ2v) is 8.97. The van der Waals surface area contributed by atoms with E-state index in [0.29, 0.717) is 13.2 Å². The first kappa shape index (κ1) is 20.7. The molecule has 5 nitrogen and oxygen atoms in total. The van der Waals surface area contributed by atoms with Crippen molar-refractivity contribution >= 4 is 6.09 Å². The molecule has 146 valence electrons. The molecular formula is C21H34N2O3. The first-order chi connectivity index (χ1) is 12.0. The SMILES string of the molecule is CC(C)(C)OCC1CN(Cc2ccccc2)CCN1C(=O)OC(C)(C)C. The molecule has 0 spiro atoms. The number of carbonyl (C=O) groups is 1. The van der Waals surface area contributed by atoms with Gasteiger partial charge < -0.3 is 14.4 Å². The third-order valence-corrected chi connectivity index (χ3v) is 4.15. The Morgan fingerprint density at radius 2 is 1.69 bits per heavy atom. The zero-order valence-corrected chi connectivity index (χ0v) is 17.1. The van der Waals surface area contributed by atoms with Gasteiger partial charge in [0.25, 0.3) is 0 Å². The molecule has 1 fully saturated rings. The number of piperazine rings is 1. The van der Waals surface area contributed by atoms with E-state index in [1.807, 2.05) is 52.5 Å². The Hall–Kier alpha value is -1.59. The molecule has 2 rings (SSSR count). The van der Waals surface area contributed by atoms with E-state index in [1.165, 1.54) is 5.56 Å². The lowest BCUT2D eigenvalue weighted by molar-refractivity contribution is -0.0604. The summed E-state index contributed by atoms with van der Waals surface area (Å²) in [5.41, 5.74) is 0.559. The predicted molar refractivity (Wildman–Crippen MR) is 104 cm³/mol. The van der Waals surface area contributed by atoms with Gasteiger partial charge in [0, 0.05) is 26.2 Å². The number of carbonyl (C=O) groups excluding carboxylic acids is 1. The van der Waals surface area contributed by atoms with Crippen LogP contribution in [0.5, 0.6) is 0 Å². The van der Waals surface area contributed by atoms with Crippen molar-refractivity contribution < 1.29 is 14.3 Å². The van der Waals surface area contributed by atoms with E-state index in [0.717, 1.165) is 19.6 Å². The van der Waals surface area contributed by atoms with E-state index in [-0.39, 0.29) is 17.7 Å². The lowest BCUT2D eigenvalue weighted by Gasteiger charge is -2.42. The highest BCUT2D eigenvalue weighted by molar-refractivity contribution is 5.68. The summed E-state index contributed by atoms with van der Waals surface area (Å²) in [7, 11) is 0. The topological polar surface area (TPSA) is 42.0 Å². The Labute approximate surface area is 158 Å². The molecule has 0 bridgehead atoms. The molecule has 1 aromatic carbocycles. The molecule has 26 heavy (non-hydrogen) atoms. The monoisotopic (exact) mass is 362 g/mol. The van der Waals surface area contributed by atoms with Crippen molar-refractivity contribution in [3.63, 3.8) is 0 Å². The van der Waals surface area contributed by atoms with Crippen LogP contribution in [0.4, 0.5) is 4.79 Å². The van der Waals surface area contributed by atoms with Crippen LogP contribution in [-0.2, 0) is 16.0 Å². The Balaban J connectivity index is 2.05. The number of amides is 1. The van der Waals surface area contributed by atoms with Crippen LogP contribution in [0.15, 0.2) is 30.3 Å². The molecule has 1 aliphatic rings. The normalized spacial score (nSPS) is 19.5. The summed E-state index contributed by atoms with van der Waals surface area (Å²) in [6.07, 6.45) is -0.251. The van der Waals surface area contributed by atoms with E-state index in [9.17, 15) is 4.79 Å². The fourth-order valence-electron chi connectivity index (χ4n) is 2.95. The highest BCUT2D eigenvalue weighted by atomic mass is 16.6. The van der Waals surface area contributed by atoms with E-state index in [2.05, 4.69) is 29.2 Å². The van der Waals surface area contributed by atoms with Crippen LogP contribution < -0.4 is 0 Å². The Kier molecular flexibility index (Phi) is 6.69. The van der Waals surface area contributed by atoms with Crippen molar-refractivity contribution in [3.8, 4) is 0 Å². The molecule has 1 atom stereocenters. The zero-order chi connectivity index (χ0) is 19.4. The highest BCUT2D eigenvalue weighted by Crippen LogP contribution is 2.19. The number of rotatable bonds is 4. The maximum atomic E-state index is 12.6. The lowest BCUT2D eigenvalue weighted by Crippen LogP contribution is -2.57. The second kappa shape index (κ2) is 8.40. The molecule has 0 saturated carbocycles. The highest BCUT2D eigenvalue weighted by Gasteiger charge is 2.34. The van der Waals surface area contributed by atoms with Gasteiger partial charge in [-0.1, -0.05) is 30.3 Å². The molecule has 0 N–H and O–H groups in total. The molecule has 1 unspecified atom stereocenters. The third-order valence-electron chi connectivity index (χ3n) is 4.15. The number of benzene rings is 1. The van der Waals surface area contributed by atoms with Crippen LogP contribution >= 0.6 is 0 Å². The summed E-state index contributed by atoms with van der Waals surface area (Å²) in [6, 6.07) is 10.4. The van der Waals surface area contributed by atoms with Crippen LogP contribution in [0.25, 0.3) is 0 Å². The molecule has 1 aromatic rings. The van der Waals surface area contributed by atoms with Crippen LogP contribution in [0.3, 0.4) is 0 Å². The molecule has 5 heteroatoms.